The summed E-state index contributed by atoms with van der Waals surface area (Å²) >= 11 is 5.96. The zero-order chi connectivity index (χ0) is 27.1. The number of allylic oxidation sites excluding steroid dienone is 4. The molecule has 0 bridgehead atoms. The molecule has 1 aromatic heterocycles. The van der Waals surface area contributed by atoms with Crippen LogP contribution in [-0.2, 0) is 35.2 Å². The van der Waals surface area contributed by atoms with Gasteiger partial charge in [0.15, 0.2) is 5.69 Å². The molecular weight excluding hydrogens is 516 g/mol. The Hall–Kier alpha value is -2.56. The highest BCUT2D eigenvalue weighted by molar-refractivity contribution is 6.29. The van der Waals surface area contributed by atoms with Crippen molar-refractivity contribution in [2.45, 2.75) is 76.4 Å². The maximum atomic E-state index is 15.2. The molecule has 204 valence electrons. The van der Waals surface area contributed by atoms with Gasteiger partial charge in [0.2, 0.25) is 0 Å². The Kier molecular flexibility index (Phi) is 7.65. The molecule has 2 amide bonds. The molecule has 0 aromatic carbocycles. The van der Waals surface area contributed by atoms with Crippen LogP contribution >= 0.6 is 11.6 Å². The first-order valence-corrected chi connectivity index (χ1v) is 12.7. The van der Waals surface area contributed by atoms with Gasteiger partial charge >= 0.3 is 18.2 Å². The number of hydrogen-bond donors (Lipinski definition) is 0. The van der Waals surface area contributed by atoms with Crippen molar-refractivity contribution in [3.63, 3.8) is 0 Å². The zero-order valence-corrected chi connectivity index (χ0v) is 21.8. The van der Waals surface area contributed by atoms with Crippen LogP contribution in [0.2, 0.25) is 0 Å². The molecule has 2 aliphatic carbocycles. The van der Waals surface area contributed by atoms with Crippen molar-refractivity contribution in [2.75, 3.05) is 20.7 Å². The van der Waals surface area contributed by atoms with Gasteiger partial charge in [0.05, 0.1) is 31.8 Å². The van der Waals surface area contributed by atoms with Gasteiger partial charge < -0.3 is 14.5 Å². The van der Waals surface area contributed by atoms with E-state index in [2.05, 4.69) is 5.10 Å². The van der Waals surface area contributed by atoms with Crippen LogP contribution in [0.1, 0.15) is 56.0 Å². The summed E-state index contributed by atoms with van der Waals surface area (Å²) < 4.78 is 62.6. The fraction of sp³-hybridized carbons (Fsp3) is 0.640. The first-order chi connectivity index (χ1) is 17.3. The molecule has 4 rings (SSSR count). The molecular formula is C25H31ClF4N4O3. The fourth-order valence-corrected chi connectivity index (χ4v) is 5.79. The number of ether oxygens (including phenoxy) is 1. The van der Waals surface area contributed by atoms with E-state index >= 15 is 4.39 Å². The Morgan fingerprint density at radius 1 is 1.24 bits per heavy atom. The second-order valence-electron chi connectivity index (χ2n) is 10.2. The minimum absolute atomic E-state index is 0.00346. The molecule has 0 saturated heterocycles. The van der Waals surface area contributed by atoms with Crippen molar-refractivity contribution in [2.24, 2.45) is 5.92 Å². The van der Waals surface area contributed by atoms with Crippen LogP contribution in [0.25, 0.3) is 0 Å². The number of aromatic nitrogens is 2. The van der Waals surface area contributed by atoms with Crippen molar-refractivity contribution in [1.29, 1.82) is 0 Å². The molecule has 2 heterocycles. The SMILES string of the molecule is COC(=O)C1CCC(N(C)C(=O)N2CCc3c(C(F)(F)F)nn(CC4=CC=C(Cl)CC4(C)F)c3C2)CC1. The summed E-state index contributed by atoms with van der Waals surface area (Å²) in [4.78, 5) is 28.3. The summed E-state index contributed by atoms with van der Waals surface area (Å²) in [5.74, 6) is -0.433. The van der Waals surface area contributed by atoms with Crippen molar-refractivity contribution in [1.82, 2.24) is 19.6 Å². The van der Waals surface area contributed by atoms with E-state index in [1.165, 1.54) is 29.7 Å². The van der Waals surface area contributed by atoms with Gasteiger partial charge in [-0.2, -0.15) is 18.3 Å². The minimum Gasteiger partial charge on any atom is -0.469 e. The number of carbonyl (C=O) groups excluding carboxylic acids is 2. The van der Waals surface area contributed by atoms with E-state index < -0.39 is 17.5 Å². The Balaban J connectivity index is 1.54. The highest BCUT2D eigenvalue weighted by atomic mass is 35.5. The number of rotatable bonds is 4. The van der Waals surface area contributed by atoms with E-state index in [-0.39, 0.29) is 73.3 Å². The van der Waals surface area contributed by atoms with Crippen LogP contribution in [0.15, 0.2) is 22.8 Å². The fourth-order valence-electron chi connectivity index (χ4n) is 5.48. The highest BCUT2D eigenvalue weighted by Gasteiger charge is 2.42. The summed E-state index contributed by atoms with van der Waals surface area (Å²) in [5, 5.41) is 4.16. The zero-order valence-electron chi connectivity index (χ0n) is 21.1. The number of amides is 2. The quantitative estimate of drug-likeness (QED) is 0.383. The van der Waals surface area contributed by atoms with Crippen LogP contribution in [-0.4, -0.2) is 64.0 Å². The summed E-state index contributed by atoms with van der Waals surface area (Å²) in [6, 6.07) is -0.378. The summed E-state index contributed by atoms with van der Waals surface area (Å²) in [5.41, 5.74) is -2.25. The maximum Gasteiger partial charge on any atom is 0.435 e. The number of methoxy groups -OCH3 is 1. The van der Waals surface area contributed by atoms with E-state index in [1.54, 1.807) is 18.0 Å². The highest BCUT2D eigenvalue weighted by Crippen LogP contribution is 2.39. The molecule has 1 aromatic rings. The van der Waals surface area contributed by atoms with Gasteiger partial charge in [-0.3, -0.25) is 9.48 Å². The van der Waals surface area contributed by atoms with Gasteiger partial charge in [0, 0.05) is 36.7 Å². The van der Waals surface area contributed by atoms with Crippen molar-refractivity contribution in [3.05, 3.63) is 39.7 Å². The van der Waals surface area contributed by atoms with Crippen LogP contribution in [0.3, 0.4) is 0 Å². The molecule has 0 radical (unpaired) electrons. The smallest absolute Gasteiger partial charge is 0.435 e. The van der Waals surface area contributed by atoms with Gasteiger partial charge in [0.25, 0.3) is 0 Å². The van der Waals surface area contributed by atoms with E-state index in [0.717, 1.165) is 0 Å². The van der Waals surface area contributed by atoms with Crippen LogP contribution in [0.4, 0.5) is 22.4 Å². The van der Waals surface area contributed by atoms with Crippen molar-refractivity contribution >= 4 is 23.6 Å². The lowest BCUT2D eigenvalue weighted by atomic mass is 9.85. The first kappa shape index (κ1) is 27.5. The summed E-state index contributed by atoms with van der Waals surface area (Å²) in [6.45, 7) is 1.21. The molecule has 3 aliphatic rings. The second kappa shape index (κ2) is 10.3. The number of hydrogen-bond acceptors (Lipinski definition) is 4. The van der Waals surface area contributed by atoms with Gasteiger partial charge in [-0.25, -0.2) is 9.18 Å². The third-order valence-electron chi connectivity index (χ3n) is 7.71. The number of halogens is 5. The molecule has 0 spiro atoms. The van der Waals surface area contributed by atoms with E-state index in [1.807, 2.05) is 0 Å². The molecule has 7 nitrogen and oxygen atoms in total. The molecule has 12 heteroatoms. The van der Waals surface area contributed by atoms with Crippen molar-refractivity contribution < 1.29 is 31.9 Å². The molecule has 1 fully saturated rings. The number of nitrogens with zero attached hydrogens (tertiary/aromatic N) is 4. The second-order valence-corrected chi connectivity index (χ2v) is 10.7. The van der Waals surface area contributed by atoms with Crippen LogP contribution in [0.5, 0.6) is 0 Å². The lowest BCUT2D eigenvalue weighted by Crippen LogP contribution is -2.49. The molecule has 0 N–H and O–H groups in total. The lowest BCUT2D eigenvalue weighted by Gasteiger charge is -2.38. The molecule has 37 heavy (non-hydrogen) atoms. The number of fused-ring (bicyclic) bond motifs is 1. The van der Waals surface area contributed by atoms with E-state index in [4.69, 9.17) is 16.3 Å². The monoisotopic (exact) mass is 546 g/mol. The number of carbonyl (C=O) groups is 2. The number of alkyl halides is 4. The van der Waals surface area contributed by atoms with Crippen molar-refractivity contribution in [3.8, 4) is 0 Å². The average Bonchev–Trinajstić information content (AvgIpc) is 3.22. The Labute approximate surface area is 218 Å². The van der Waals surface area contributed by atoms with Gasteiger partial charge in [0.1, 0.15) is 5.67 Å². The Morgan fingerprint density at radius 3 is 2.51 bits per heavy atom. The normalized spacial score (nSPS) is 26.2. The maximum absolute atomic E-state index is 15.2. The van der Waals surface area contributed by atoms with Gasteiger partial charge in [-0.15, -0.1) is 0 Å². The largest absolute Gasteiger partial charge is 0.469 e. The molecule has 1 aliphatic heterocycles. The van der Waals surface area contributed by atoms with Crippen LogP contribution < -0.4 is 0 Å². The first-order valence-electron chi connectivity index (χ1n) is 12.3. The Bertz CT molecular complexity index is 1120. The standard InChI is InChI=1S/C25H31ClF4N4O3/c1-24(27)12-17(26)7-6-16(24)13-34-20-14-33(11-10-19(20)21(31-34)25(28,29)30)23(36)32(2)18-8-4-15(5-9-18)22(35)37-3/h6-7,15,18H,4-5,8-14H2,1-3H3. The molecule has 1 atom stereocenters. The molecule has 1 saturated carbocycles. The average molecular weight is 547 g/mol. The number of urea groups is 1. The summed E-state index contributed by atoms with van der Waals surface area (Å²) in [7, 11) is 3.03. The third kappa shape index (κ3) is 5.66. The van der Waals surface area contributed by atoms with E-state index in [0.29, 0.717) is 30.7 Å². The van der Waals surface area contributed by atoms with E-state index in [9.17, 15) is 22.8 Å². The lowest BCUT2D eigenvalue weighted by molar-refractivity contribution is -0.146. The summed E-state index contributed by atoms with van der Waals surface area (Å²) in [6.07, 6.45) is 0.774. The predicted molar refractivity (Wildman–Crippen MR) is 128 cm³/mol. The third-order valence-corrected chi connectivity index (χ3v) is 7.97. The molecule has 1 unspecified atom stereocenters. The predicted octanol–water partition coefficient (Wildman–Crippen LogP) is 5.22. The van der Waals surface area contributed by atoms with Crippen LogP contribution in [0, 0.1) is 5.92 Å². The number of esters is 1. The minimum atomic E-state index is -4.67. The van der Waals surface area contributed by atoms with Gasteiger partial charge in [-0.05, 0) is 50.7 Å². The topological polar surface area (TPSA) is 67.7 Å². The Morgan fingerprint density at radius 2 is 1.92 bits per heavy atom. The van der Waals surface area contributed by atoms with Gasteiger partial charge in [-0.1, -0.05) is 17.7 Å².